The minimum absolute atomic E-state index is 0.566. The van der Waals surface area contributed by atoms with Crippen LogP contribution in [0.1, 0.15) is 0 Å². The van der Waals surface area contributed by atoms with Gasteiger partial charge >= 0.3 is 44.6 Å². The van der Waals surface area contributed by atoms with Crippen LogP contribution in [0.15, 0.2) is 0 Å². The molecule has 2 nitrogen and oxygen atoms in total. The fourth-order valence-electron chi connectivity index (χ4n) is 0.0833. The quantitative estimate of drug-likeness (QED) is 0.459. The summed E-state index contributed by atoms with van der Waals surface area (Å²) in [6.45, 7) is 1.13. The van der Waals surface area contributed by atoms with Crippen molar-refractivity contribution in [3.63, 3.8) is 0 Å². The van der Waals surface area contributed by atoms with Gasteiger partial charge in [-0.3, -0.25) is 0 Å². The first-order valence-corrected chi connectivity index (χ1v) is 2.58. The second-order valence-electron chi connectivity index (χ2n) is 0.947. The van der Waals surface area contributed by atoms with Crippen LogP contribution in [0.2, 0.25) is 0 Å². The second kappa shape index (κ2) is 3.50. The third-order valence-corrected chi connectivity index (χ3v) is 1.15. The van der Waals surface area contributed by atoms with Gasteiger partial charge in [0.25, 0.3) is 0 Å². The zero-order valence-electron chi connectivity index (χ0n) is 3.48. The SMILES string of the molecule is NCC(=[Se])CN. The van der Waals surface area contributed by atoms with Gasteiger partial charge in [0.05, 0.1) is 0 Å². The molecule has 3 heteroatoms. The van der Waals surface area contributed by atoms with Crippen molar-refractivity contribution in [1.29, 1.82) is 0 Å². The van der Waals surface area contributed by atoms with E-state index in [2.05, 4.69) is 15.6 Å². The molecular weight excluding hydrogens is 143 g/mol. The average Bonchev–Trinajstić information content (AvgIpc) is 1.65. The third kappa shape index (κ3) is 2.54. The molecule has 0 aliphatic heterocycles. The maximum atomic E-state index is 5.13. The summed E-state index contributed by atoms with van der Waals surface area (Å²) >= 11 is 2.74. The predicted molar refractivity (Wildman–Crippen MR) is 28.9 cm³/mol. The molecule has 0 aliphatic carbocycles. The Kier molecular flexibility index (Phi) is 3.68. The number of hydrogen-bond acceptors (Lipinski definition) is 2. The van der Waals surface area contributed by atoms with E-state index in [4.69, 9.17) is 11.5 Å². The van der Waals surface area contributed by atoms with Gasteiger partial charge < -0.3 is 0 Å². The molecule has 0 unspecified atom stereocenters. The Labute approximate surface area is 45.2 Å². The average molecular weight is 151 g/mol. The summed E-state index contributed by atoms with van der Waals surface area (Å²) in [5.74, 6) is 0. The van der Waals surface area contributed by atoms with Gasteiger partial charge in [0, 0.05) is 0 Å². The van der Waals surface area contributed by atoms with E-state index < -0.39 is 0 Å². The van der Waals surface area contributed by atoms with E-state index in [0.29, 0.717) is 13.1 Å². The molecule has 4 N–H and O–H groups in total. The summed E-state index contributed by atoms with van der Waals surface area (Å²) < 4.78 is 1.02. The summed E-state index contributed by atoms with van der Waals surface area (Å²) in [6, 6.07) is 0. The molecule has 0 saturated heterocycles. The molecule has 0 amide bonds. The molecule has 0 saturated carbocycles. The Bertz CT molecular complexity index is 46.8. The standard InChI is InChI=1S/C3H8N2Se/c4-1-3(6)2-5/h1-2,4-5H2. The minimum atomic E-state index is 0.566. The fraction of sp³-hybridized carbons (Fsp3) is 0.667. The van der Waals surface area contributed by atoms with Crippen molar-refractivity contribution >= 4 is 20.0 Å². The summed E-state index contributed by atoms with van der Waals surface area (Å²) in [4.78, 5) is 0. The number of rotatable bonds is 2. The van der Waals surface area contributed by atoms with E-state index in [1.807, 2.05) is 0 Å². The summed E-state index contributed by atoms with van der Waals surface area (Å²) in [5, 5.41) is 0. The van der Waals surface area contributed by atoms with Gasteiger partial charge in [-0.15, -0.1) is 0 Å². The molecule has 0 radical (unpaired) electrons. The zero-order valence-corrected chi connectivity index (χ0v) is 5.19. The van der Waals surface area contributed by atoms with Crippen LogP contribution in [0.25, 0.3) is 0 Å². The molecule has 0 aromatic rings. The van der Waals surface area contributed by atoms with Crippen LogP contribution in [-0.2, 0) is 0 Å². The van der Waals surface area contributed by atoms with Crippen LogP contribution >= 0.6 is 0 Å². The molecular formula is C3H8N2Se. The van der Waals surface area contributed by atoms with Crippen molar-refractivity contribution < 1.29 is 0 Å². The van der Waals surface area contributed by atoms with Crippen molar-refractivity contribution in [2.24, 2.45) is 11.5 Å². The van der Waals surface area contributed by atoms with Gasteiger partial charge in [-0.25, -0.2) is 0 Å². The summed E-state index contributed by atoms with van der Waals surface area (Å²) in [5.41, 5.74) is 10.3. The Morgan fingerprint density at radius 1 is 1.33 bits per heavy atom. The monoisotopic (exact) mass is 152 g/mol. The molecule has 0 rings (SSSR count). The van der Waals surface area contributed by atoms with E-state index in [-0.39, 0.29) is 0 Å². The third-order valence-electron chi connectivity index (χ3n) is 0.455. The van der Waals surface area contributed by atoms with Crippen molar-refractivity contribution in [3.05, 3.63) is 0 Å². The van der Waals surface area contributed by atoms with Crippen molar-refractivity contribution in [2.45, 2.75) is 0 Å². The van der Waals surface area contributed by atoms with Crippen LogP contribution in [0.5, 0.6) is 0 Å². The van der Waals surface area contributed by atoms with Crippen molar-refractivity contribution in [2.75, 3.05) is 13.1 Å². The molecule has 36 valence electrons. The molecule has 0 aromatic carbocycles. The van der Waals surface area contributed by atoms with Crippen molar-refractivity contribution in [1.82, 2.24) is 0 Å². The van der Waals surface area contributed by atoms with Crippen LogP contribution in [0.3, 0.4) is 0 Å². The normalized spacial score (nSPS) is 8.33. The van der Waals surface area contributed by atoms with Crippen LogP contribution in [0, 0.1) is 0 Å². The summed E-state index contributed by atoms with van der Waals surface area (Å²) in [7, 11) is 0. The Hall–Kier alpha value is 0.309. The van der Waals surface area contributed by atoms with E-state index in [1.54, 1.807) is 0 Å². The molecule has 0 spiro atoms. The molecule has 0 bridgehead atoms. The Balaban J connectivity index is 2.99. The van der Waals surface area contributed by atoms with Crippen LogP contribution in [0.4, 0.5) is 0 Å². The van der Waals surface area contributed by atoms with E-state index in [0.717, 1.165) is 4.42 Å². The first-order valence-electron chi connectivity index (χ1n) is 1.73. The molecule has 0 fully saturated rings. The molecule has 0 aliphatic rings. The second-order valence-corrected chi connectivity index (χ2v) is 2.16. The van der Waals surface area contributed by atoms with E-state index in [9.17, 15) is 0 Å². The van der Waals surface area contributed by atoms with Gasteiger partial charge in [-0.1, -0.05) is 0 Å². The fourth-order valence-corrected chi connectivity index (χ4v) is 0.0833. The van der Waals surface area contributed by atoms with Crippen LogP contribution < -0.4 is 11.5 Å². The van der Waals surface area contributed by atoms with Crippen LogP contribution in [-0.4, -0.2) is 33.1 Å². The van der Waals surface area contributed by atoms with Gasteiger partial charge in [-0.2, -0.15) is 0 Å². The van der Waals surface area contributed by atoms with Gasteiger partial charge in [-0.05, 0) is 0 Å². The first-order chi connectivity index (χ1) is 2.81. The molecule has 6 heavy (non-hydrogen) atoms. The zero-order chi connectivity index (χ0) is 4.99. The van der Waals surface area contributed by atoms with Gasteiger partial charge in [0.2, 0.25) is 0 Å². The number of nitrogens with two attached hydrogens (primary N) is 2. The van der Waals surface area contributed by atoms with Gasteiger partial charge in [0.15, 0.2) is 0 Å². The topological polar surface area (TPSA) is 52.0 Å². The van der Waals surface area contributed by atoms with Crippen molar-refractivity contribution in [3.8, 4) is 0 Å². The Morgan fingerprint density at radius 3 is 1.67 bits per heavy atom. The van der Waals surface area contributed by atoms with Gasteiger partial charge in [0.1, 0.15) is 0 Å². The maximum absolute atomic E-state index is 5.13. The first kappa shape index (κ1) is 6.31. The Morgan fingerprint density at radius 2 is 1.67 bits per heavy atom. The summed E-state index contributed by atoms with van der Waals surface area (Å²) in [6.07, 6.45) is 0. The van der Waals surface area contributed by atoms with E-state index >= 15 is 0 Å². The number of hydrogen-bond donors (Lipinski definition) is 2. The molecule has 0 aromatic heterocycles. The molecule has 0 heterocycles. The molecule has 0 atom stereocenters. The predicted octanol–water partition coefficient (Wildman–Crippen LogP) is -1.76. The van der Waals surface area contributed by atoms with E-state index in [1.165, 1.54) is 0 Å².